The van der Waals surface area contributed by atoms with Crippen molar-refractivity contribution in [1.82, 2.24) is 9.55 Å². The maximum atomic E-state index is 5.94. The van der Waals surface area contributed by atoms with Crippen LogP contribution in [0.2, 0.25) is 0 Å². The Morgan fingerprint density at radius 1 is 0.806 bits per heavy atom. The molecular formula is C28H22N2O. The van der Waals surface area contributed by atoms with E-state index in [1.807, 2.05) is 12.3 Å². The summed E-state index contributed by atoms with van der Waals surface area (Å²) < 4.78 is 8.19. The molecule has 0 spiro atoms. The lowest BCUT2D eigenvalue weighted by Crippen LogP contribution is -1.97. The van der Waals surface area contributed by atoms with Crippen molar-refractivity contribution in [2.75, 3.05) is 0 Å². The van der Waals surface area contributed by atoms with E-state index in [0.717, 1.165) is 39.1 Å². The maximum Gasteiger partial charge on any atom is 0.149 e. The number of benzene rings is 4. The summed E-state index contributed by atoms with van der Waals surface area (Å²) in [5.74, 6) is 1.35. The number of hydrogen-bond acceptors (Lipinski definition) is 2. The number of fused-ring (bicyclic) bond motifs is 3. The molecule has 3 heteroatoms. The third-order valence-corrected chi connectivity index (χ3v) is 6.06. The Hall–Kier alpha value is -3.85. The van der Waals surface area contributed by atoms with Crippen molar-refractivity contribution in [3.8, 4) is 17.1 Å². The van der Waals surface area contributed by atoms with E-state index in [0.29, 0.717) is 5.92 Å². The van der Waals surface area contributed by atoms with Crippen molar-refractivity contribution in [1.29, 1.82) is 0 Å². The van der Waals surface area contributed by atoms with Gasteiger partial charge in [0, 0.05) is 11.1 Å². The molecule has 0 aliphatic carbocycles. The van der Waals surface area contributed by atoms with Crippen LogP contribution >= 0.6 is 0 Å². The van der Waals surface area contributed by atoms with Gasteiger partial charge >= 0.3 is 0 Å². The topological polar surface area (TPSA) is 31.0 Å². The van der Waals surface area contributed by atoms with E-state index in [-0.39, 0.29) is 0 Å². The van der Waals surface area contributed by atoms with Crippen molar-refractivity contribution in [3.63, 3.8) is 0 Å². The molecule has 0 bridgehead atoms. The Morgan fingerprint density at radius 2 is 1.61 bits per heavy atom. The highest BCUT2D eigenvalue weighted by Gasteiger charge is 2.19. The van der Waals surface area contributed by atoms with Gasteiger partial charge in [0.05, 0.1) is 16.6 Å². The van der Waals surface area contributed by atoms with E-state index in [9.17, 15) is 0 Å². The molecule has 6 rings (SSSR count). The first kappa shape index (κ1) is 18.0. The summed E-state index contributed by atoms with van der Waals surface area (Å²) in [5, 5.41) is 3.54. The minimum atomic E-state index is 0.450. The molecule has 0 N–H and O–H groups in total. The number of nitrogens with zero attached hydrogens (tertiary/aromatic N) is 2. The fraction of sp³-hybridized carbons (Fsp3) is 0.107. The van der Waals surface area contributed by atoms with Crippen LogP contribution in [0, 0.1) is 0 Å². The second kappa shape index (κ2) is 6.85. The molecule has 0 aliphatic rings. The Morgan fingerprint density at radius 3 is 2.48 bits per heavy atom. The normalized spacial score (nSPS) is 11.8. The van der Waals surface area contributed by atoms with Crippen LogP contribution in [0.3, 0.4) is 0 Å². The number of hydrogen-bond donors (Lipinski definition) is 0. The summed E-state index contributed by atoms with van der Waals surface area (Å²) in [6, 6.07) is 29.8. The minimum absolute atomic E-state index is 0.450. The van der Waals surface area contributed by atoms with E-state index in [1.54, 1.807) is 0 Å². The monoisotopic (exact) mass is 402 g/mol. The van der Waals surface area contributed by atoms with E-state index in [1.165, 1.54) is 16.3 Å². The molecule has 0 saturated carbocycles. The van der Waals surface area contributed by atoms with E-state index in [4.69, 9.17) is 9.40 Å². The summed E-state index contributed by atoms with van der Waals surface area (Å²) in [6.45, 7) is 4.43. The number of para-hydroxylation sites is 2. The van der Waals surface area contributed by atoms with Crippen LogP contribution in [0.25, 0.3) is 49.9 Å². The fourth-order valence-corrected chi connectivity index (χ4v) is 4.36. The molecular weight excluding hydrogens is 380 g/mol. The summed E-state index contributed by atoms with van der Waals surface area (Å²) >= 11 is 0. The minimum Gasteiger partial charge on any atom is -0.464 e. The van der Waals surface area contributed by atoms with Crippen LogP contribution in [0.4, 0.5) is 0 Å². The highest BCUT2D eigenvalue weighted by molar-refractivity contribution is 5.96. The average Bonchev–Trinajstić information content (AvgIpc) is 3.39. The van der Waals surface area contributed by atoms with Crippen LogP contribution in [0.1, 0.15) is 25.3 Å². The predicted molar refractivity (Wildman–Crippen MR) is 128 cm³/mol. The van der Waals surface area contributed by atoms with Crippen molar-refractivity contribution >= 4 is 32.8 Å². The second-order valence-electron chi connectivity index (χ2n) is 8.35. The summed E-state index contributed by atoms with van der Waals surface area (Å²) in [7, 11) is 0. The first-order valence-electron chi connectivity index (χ1n) is 10.7. The van der Waals surface area contributed by atoms with Crippen LogP contribution in [-0.2, 0) is 0 Å². The Balaban J connectivity index is 1.66. The van der Waals surface area contributed by atoms with Gasteiger partial charge in [0.1, 0.15) is 17.7 Å². The van der Waals surface area contributed by atoms with Gasteiger partial charge in [-0.05, 0) is 58.7 Å². The lowest BCUT2D eigenvalue weighted by molar-refractivity contribution is 0.616. The van der Waals surface area contributed by atoms with Crippen LogP contribution in [-0.4, -0.2) is 9.55 Å². The Bertz CT molecular complexity index is 1570. The van der Waals surface area contributed by atoms with Crippen molar-refractivity contribution in [2.24, 2.45) is 0 Å². The zero-order valence-electron chi connectivity index (χ0n) is 17.5. The van der Waals surface area contributed by atoms with Gasteiger partial charge in [-0.3, -0.25) is 4.57 Å². The standard InChI is InChI=1S/C28H22N2O/c1-18(2)20-12-14-27-23(16-20)24(17-31-27)28-29-25-9-5-6-10-26(25)30(28)22-13-11-19-7-3-4-8-21(19)15-22/h3-18H,1-2H3. The zero-order valence-corrected chi connectivity index (χ0v) is 17.5. The molecule has 0 fully saturated rings. The number of aromatic nitrogens is 2. The van der Waals surface area contributed by atoms with Crippen molar-refractivity contribution < 1.29 is 4.42 Å². The predicted octanol–water partition coefficient (Wildman–Crippen LogP) is 7.72. The molecule has 150 valence electrons. The highest BCUT2D eigenvalue weighted by atomic mass is 16.3. The first-order chi connectivity index (χ1) is 15.2. The molecule has 31 heavy (non-hydrogen) atoms. The molecule has 3 nitrogen and oxygen atoms in total. The van der Waals surface area contributed by atoms with Gasteiger partial charge in [-0.1, -0.05) is 62.4 Å². The number of furan rings is 1. The zero-order chi connectivity index (χ0) is 20.9. The number of rotatable bonds is 3. The molecule has 6 aromatic rings. The van der Waals surface area contributed by atoms with Gasteiger partial charge in [-0.2, -0.15) is 0 Å². The van der Waals surface area contributed by atoms with Gasteiger partial charge in [-0.15, -0.1) is 0 Å². The van der Waals surface area contributed by atoms with Gasteiger partial charge < -0.3 is 4.42 Å². The molecule has 0 unspecified atom stereocenters. The van der Waals surface area contributed by atoms with Gasteiger partial charge in [0.15, 0.2) is 0 Å². The summed E-state index contributed by atoms with van der Waals surface area (Å²) in [5.41, 5.74) is 6.35. The SMILES string of the molecule is CC(C)c1ccc2occ(-c3nc4ccccc4n3-c3ccc4ccccc4c3)c2c1. The van der Waals surface area contributed by atoms with E-state index < -0.39 is 0 Å². The van der Waals surface area contributed by atoms with Gasteiger partial charge in [0.25, 0.3) is 0 Å². The van der Waals surface area contributed by atoms with Crippen molar-refractivity contribution in [3.05, 3.63) is 96.8 Å². The molecule has 2 heterocycles. The van der Waals surface area contributed by atoms with Crippen molar-refractivity contribution in [2.45, 2.75) is 19.8 Å². The largest absolute Gasteiger partial charge is 0.464 e. The lowest BCUT2D eigenvalue weighted by atomic mass is 10.0. The first-order valence-corrected chi connectivity index (χ1v) is 10.7. The third kappa shape index (κ3) is 2.85. The van der Waals surface area contributed by atoms with Crippen LogP contribution < -0.4 is 0 Å². The quantitative estimate of drug-likeness (QED) is 0.303. The van der Waals surface area contributed by atoms with E-state index >= 15 is 0 Å². The molecule has 0 atom stereocenters. The molecule has 4 aromatic carbocycles. The third-order valence-electron chi connectivity index (χ3n) is 6.06. The lowest BCUT2D eigenvalue weighted by Gasteiger charge is -2.11. The molecule has 2 aromatic heterocycles. The van der Waals surface area contributed by atoms with Gasteiger partial charge in [-0.25, -0.2) is 4.98 Å². The van der Waals surface area contributed by atoms with E-state index in [2.05, 4.69) is 97.3 Å². The summed E-state index contributed by atoms with van der Waals surface area (Å²) in [4.78, 5) is 5.04. The molecule has 0 saturated heterocycles. The Kier molecular flexibility index (Phi) is 3.97. The van der Waals surface area contributed by atoms with Crippen LogP contribution in [0.15, 0.2) is 95.6 Å². The maximum absolute atomic E-state index is 5.94. The molecule has 0 aliphatic heterocycles. The Labute approximate surface area is 180 Å². The fourth-order valence-electron chi connectivity index (χ4n) is 4.36. The second-order valence-corrected chi connectivity index (χ2v) is 8.35. The smallest absolute Gasteiger partial charge is 0.149 e. The average molecular weight is 402 g/mol. The highest BCUT2D eigenvalue weighted by Crippen LogP contribution is 2.36. The van der Waals surface area contributed by atoms with Crippen LogP contribution in [0.5, 0.6) is 0 Å². The molecule has 0 radical (unpaired) electrons. The number of imidazole rings is 1. The summed E-state index contributed by atoms with van der Waals surface area (Å²) in [6.07, 6.45) is 1.84. The molecule has 0 amide bonds. The van der Waals surface area contributed by atoms with Gasteiger partial charge in [0.2, 0.25) is 0 Å².